The van der Waals surface area contributed by atoms with Crippen molar-refractivity contribution >= 4 is 6.09 Å². The van der Waals surface area contributed by atoms with Crippen LogP contribution in [0.2, 0.25) is 0 Å². The Kier molecular flexibility index (Phi) is 8.25. The molecule has 0 saturated heterocycles. The number of hydrogen-bond acceptors (Lipinski definition) is 5. The zero-order valence-corrected chi connectivity index (χ0v) is 15.4. The number of ether oxygens (including phenoxy) is 1. The van der Waals surface area contributed by atoms with Crippen molar-refractivity contribution in [1.29, 1.82) is 5.26 Å². The van der Waals surface area contributed by atoms with Gasteiger partial charge in [-0.3, -0.25) is 5.32 Å². The van der Waals surface area contributed by atoms with Crippen LogP contribution in [0.5, 0.6) is 0 Å². The highest BCUT2D eigenvalue weighted by Crippen LogP contribution is 2.02. The first-order valence-electron chi connectivity index (χ1n) is 8.78. The quantitative estimate of drug-likeness (QED) is 0.596. The predicted molar refractivity (Wildman–Crippen MR) is 104 cm³/mol. The van der Waals surface area contributed by atoms with Crippen LogP contribution in [0.15, 0.2) is 72.2 Å². The van der Waals surface area contributed by atoms with Gasteiger partial charge < -0.3 is 15.4 Å². The van der Waals surface area contributed by atoms with Crippen LogP contribution in [0.25, 0.3) is 0 Å². The maximum Gasteiger partial charge on any atom is 0.411 e. The van der Waals surface area contributed by atoms with Gasteiger partial charge in [0, 0.05) is 13.1 Å². The van der Waals surface area contributed by atoms with E-state index in [1.54, 1.807) is 0 Å². The Bertz CT molecular complexity index is 735. The minimum atomic E-state index is -0.682. The normalized spacial score (nSPS) is 9.63. The highest BCUT2D eigenvalue weighted by molar-refractivity contribution is 5.70. The highest BCUT2D eigenvalue weighted by atomic mass is 16.5. The lowest BCUT2D eigenvalue weighted by atomic mass is 10.1. The van der Waals surface area contributed by atoms with E-state index in [0.717, 1.165) is 12.8 Å². The molecule has 0 aliphatic heterocycles. The summed E-state index contributed by atoms with van der Waals surface area (Å²) < 4.78 is 4.59. The van der Waals surface area contributed by atoms with Crippen LogP contribution >= 0.6 is 0 Å². The summed E-state index contributed by atoms with van der Waals surface area (Å²) in [5.41, 5.74) is 2.48. The van der Waals surface area contributed by atoms with Gasteiger partial charge in [0.2, 0.25) is 0 Å². The second-order valence-corrected chi connectivity index (χ2v) is 5.80. The van der Waals surface area contributed by atoms with Crippen molar-refractivity contribution in [2.24, 2.45) is 0 Å². The molecule has 0 aliphatic rings. The molecule has 140 valence electrons. The molecule has 0 radical (unpaired) electrons. The van der Waals surface area contributed by atoms with Gasteiger partial charge in [0.25, 0.3) is 0 Å². The Morgan fingerprint density at radius 3 is 1.81 bits per heavy atom. The zero-order chi connectivity index (χ0) is 19.3. The third kappa shape index (κ3) is 7.12. The van der Waals surface area contributed by atoms with Crippen LogP contribution in [0.1, 0.15) is 11.1 Å². The fraction of sp³-hybridized carbons (Fsp3) is 0.238. The minimum Gasteiger partial charge on any atom is -0.453 e. The number of methoxy groups -OCH3 is 1. The Hall–Kier alpha value is -3.46. The standard InChI is InChI=1S/C21H24N4O2/c1-27-21(26)25-19(16-22)20(23-14-12-17-8-4-2-5-9-17)24-15-13-18-10-6-3-7-11-18/h2-11,23-24H,12-15H2,1H3,(H,25,26). The SMILES string of the molecule is COC(=O)NC(C#N)=C(NCCc1ccccc1)NCCc1ccccc1. The van der Waals surface area contributed by atoms with Gasteiger partial charge in [-0.15, -0.1) is 0 Å². The molecule has 0 heterocycles. The average molecular weight is 364 g/mol. The number of amides is 1. The number of carbonyl (C=O) groups is 1. The van der Waals surface area contributed by atoms with Gasteiger partial charge in [-0.05, 0) is 24.0 Å². The van der Waals surface area contributed by atoms with Gasteiger partial charge in [-0.2, -0.15) is 5.26 Å². The number of nitrogens with zero attached hydrogens (tertiary/aromatic N) is 1. The second kappa shape index (κ2) is 11.2. The van der Waals surface area contributed by atoms with Gasteiger partial charge in [-0.1, -0.05) is 60.7 Å². The van der Waals surface area contributed by atoms with Crippen LogP contribution < -0.4 is 16.0 Å². The van der Waals surface area contributed by atoms with Crippen molar-refractivity contribution in [3.8, 4) is 6.07 Å². The third-order valence-electron chi connectivity index (χ3n) is 3.89. The van der Waals surface area contributed by atoms with E-state index in [1.165, 1.54) is 18.2 Å². The molecular weight excluding hydrogens is 340 g/mol. The molecule has 6 nitrogen and oxygen atoms in total. The van der Waals surface area contributed by atoms with E-state index in [1.807, 2.05) is 66.7 Å². The lowest BCUT2D eigenvalue weighted by Gasteiger charge is -2.16. The number of alkyl carbamates (subject to hydrolysis) is 1. The monoisotopic (exact) mass is 364 g/mol. The van der Waals surface area contributed by atoms with Crippen molar-refractivity contribution < 1.29 is 9.53 Å². The maximum absolute atomic E-state index is 11.5. The predicted octanol–water partition coefficient (Wildman–Crippen LogP) is 2.70. The van der Waals surface area contributed by atoms with Crippen LogP contribution in [0, 0.1) is 11.3 Å². The maximum atomic E-state index is 11.5. The Morgan fingerprint density at radius 1 is 0.926 bits per heavy atom. The zero-order valence-electron chi connectivity index (χ0n) is 15.4. The lowest BCUT2D eigenvalue weighted by Crippen LogP contribution is -2.35. The summed E-state index contributed by atoms with van der Waals surface area (Å²) in [5.74, 6) is 0.481. The number of carbonyl (C=O) groups excluding carboxylic acids is 1. The number of allylic oxidation sites excluding steroid dienone is 1. The van der Waals surface area contributed by atoms with Gasteiger partial charge in [0.05, 0.1) is 7.11 Å². The molecule has 0 unspecified atom stereocenters. The molecule has 6 heteroatoms. The molecule has 0 aromatic heterocycles. The largest absolute Gasteiger partial charge is 0.453 e. The smallest absolute Gasteiger partial charge is 0.411 e. The molecule has 27 heavy (non-hydrogen) atoms. The van der Waals surface area contributed by atoms with Gasteiger partial charge in [0.1, 0.15) is 11.9 Å². The number of nitriles is 1. The Labute approximate surface area is 159 Å². The Balaban J connectivity index is 2.00. The van der Waals surface area contributed by atoms with E-state index < -0.39 is 6.09 Å². The summed E-state index contributed by atoms with van der Waals surface area (Å²) in [5, 5.41) is 18.3. The first-order chi connectivity index (χ1) is 13.2. The summed E-state index contributed by atoms with van der Waals surface area (Å²) in [6.07, 6.45) is 0.905. The molecule has 1 amide bonds. The van der Waals surface area contributed by atoms with E-state index in [9.17, 15) is 10.1 Å². The highest BCUT2D eigenvalue weighted by Gasteiger charge is 2.10. The van der Waals surface area contributed by atoms with Crippen LogP contribution in [-0.2, 0) is 17.6 Å². The van der Waals surface area contributed by atoms with Crippen LogP contribution in [0.3, 0.4) is 0 Å². The number of benzene rings is 2. The molecule has 0 atom stereocenters. The van der Waals surface area contributed by atoms with E-state index in [4.69, 9.17) is 0 Å². The molecule has 0 aliphatic carbocycles. The minimum absolute atomic E-state index is 0.1000. The topological polar surface area (TPSA) is 86.2 Å². The number of rotatable bonds is 9. The fourth-order valence-electron chi connectivity index (χ4n) is 2.49. The van der Waals surface area contributed by atoms with Crippen LogP contribution in [-0.4, -0.2) is 26.3 Å². The summed E-state index contributed by atoms with van der Waals surface area (Å²) in [6.45, 7) is 1.23. The van der Waals surface area contributed by atoms with Gasteiger partial charge >= 0.3 is 6.09 Å². The Morgan fingerprint density at radius 2 is 1.41 bits per heavy atom. The summed E-state index contributed by atoms with van der Waals surface area (Å²) in [6, 6.07) is 22.1. The summed E-state index contributed by atoms with van der Waals surface area (Å²) in [7, 11) is 1.26. The van der Waals surface area contributed by atoms with Crippen molar-refractivity contribution in [3.05, 3.63) is 83.3 Å². The lowest BCUT2D eigenvalue weighted by molar-refractivity contribution is 0.174. The molecule has 2 aromatic carbocycles. The van der Waals surface area contributed by atoms with E-state index >= 15 is 0 Å². The van der Waals surface area contributed by atoms with Crippen molar-refractivity contribution in [2.45, 2.75) is 12.8 Å². The molecule has 3 N–H and O–H groups in total. The van der Waals surface area contributed by atoms with Gasteiger partial charge in [-0.25, -0.2) is 4.79 Å². The van der Waals surface area contributed by atoms with Crippen molar-refractivity contribution in [1.82, 2.24) is 16.0 Å². The van der Waals surface area contributed by atoms with E-state index in [-0.39, 0.29) is 5.70 Å². The summed E-state index contributed by atoms with van der Waals surface area (Å²) >= 11 is 0. The molecule has 0 bridgehead atoms. The molecular formula is C21H24N4O2. The third-order valence-corrected chi connectivity index (χ3v) is 3.89. The van der Waals surface area contributed by atoms with E-state index in [2.05, 4.69) is 20.7 Å². The first kappa shape index (κ1) is 19.9. The fourth-order valence-corrected chi connectivity index (χ4v) is 2.49. The molecule has 2 rings (SSSR count). The molecule has 0 saturated carbocycles. The van der Waals surface area contributed by atoms with Crippen molar-refractivity contribution in [2.75, 3.05) is 20.2 Å². The van der Waals surface area contributed by atoms with Gasteiger partial charge in [0.15, 0.2) is 5.70 Å². The summed E-state index contributed by atoms with van der Waals surface area (Å²) in [4.78, 5) is 11.5. The first-order valence-corrected chi connectivity index (χ1v) is 8.78. The van der Waals surface area contributed by atoms with E-state index in [0.29, 0.717) is 18.9 Å². The second-order valence-electron chi connectivity index (χ2n) is 5.80. The number of hydrogen-bond donors (Lipinski definition) is 3. The van der Waals surface area contributed by atoms with Crippen LogP contribution in [0.4, 0.5) is 4.79 Å². The van der Waals surface area contributed by atoms with Crippen molar-refractivity contribution in [3.63, 3.8) is 0 Å². The average Bonchev–Trinajstić information content (AvgIpc) is 2.72. The molecule has 0 fully saturated rings. The number of nitrogens with one attached hydrogen (secondary N) is 3. The molecule has 0 spiro atoms. The molecule has 2 aromatic rings.